The van der Waals surface area contributed by atoms with Crippen LogP contribution in [0.1, 0.15) is 58.3 Å². The summed E-state index contributed by atoms with van der Waals surface area (Å²) < 4.78 is 0. The molecule has 0 aromatic carbocycles. The number of unbranched alkanes of at least 4 members (excludes halogenated alkanes) is 3. The highest BCUT2D eigenvalue weighted by atomic mass is 16.2. The van der Waals surface area contributed by atoms with E-state index in [4.69, 9.17) is 0 Å². The van der Waals surface area contributed by atoms with Gasteiger partial charge in [0.2, 0.25) is 5.91 Å². The topological polar surface area (TPSA) is 66.5 Å². The van der Waals surface area contributed by atoms with Gasteiger partial charge in [-0.1, -0.05) is 26.2 Å². The largest absolute Gasteiger partial charge is 0.356 e. The van der Waals surface area contributed by atoms with Crippen molar-refractivity contribution in [3.63, 3.8) is 0 Å². The molecular formula is C18H28N2O3. The van der Waals surface area contributed by atoms with E-state index < -0.39 is 0 Å². The van der Waals surface area contributed by atoms with Crippen molar-refractivity contribution < 1.29 is 14.4 Å². The number of carbonyl (C=O) groups is 3. The maximum Gasteiger partial charge on any atom is 0.253 e. The highest BCUT2D eigenvalue weighted by Crippen LogP contribution is 2.30. The molecule has 1 heterocycles. The number of imide groups is 1. The van der Waals surface area contributed by atoms with Crippen LogP contribution in [0.25, 0.3) is 0 Å². The summed E-state index contributed by atoms with van der Waals surface area (Å²) in [5.74, 6) is 0.191. The lowest BCUT2D eigenvalue weighted by atomic mass is 9.81. The molecule has 5 nitrogen and oxygen atoms in total. The van der Waals surface area contributed by atoms with E-state index in [-0.39, 0.29) is 23.6 Å². The quantitative estimate of drug-likeness (QED) is 0.552. The predicted molar refractivity (Wildman–Crippen MR) is 88.5 cm³/mol. The lowest BCUT2D eigenvalue weighted by Gasteiger charge is -2.30. The summed E-state index contributed by atoms with van der Waals surface area (Å²) in [7, 11) is 0. The molecular weight excluding hydrogens is 292 g/mol. The Morgan fingerprint density at radius 2 is 1.74 bits per heavy atom. The number of amides is 3. The molecule has 0 unspecified atom stereocenters. The van der Waals surface area contributed by atoms with E-state index in [0.717, 1.165) is 38.6 Å². The molecule has 0 aromatic heterocycles. The van der Waals surface area contributed by atoms with Gasteiger partial charge in [0.1, 0.15) is 0 Å². The fourth-order valence-corrected chi connectivity index (χ4v) is 3.38. The Bertz CT molecular complexity index is 447. The molecule has 0 spiro atoms. The molecule has 2 rings (SSSR count). The second-order valence-electron chi connectivity index (χ2n) is 6.69. The summed E-state index contributed by atoms with van der Waals surface area (Å²) in [4.78, 5) is 36.6. The van der Waals surface area contributed by atoms with Crippen molar-refractivity contribution >= 4 is 17.7 Å². The van der Waals surface area contributed by atoms with Crippen LogP contribution < -0.4 is 5.32 Å². The standard InChI is InChI=1S/C18H28N2O3/c1-2-3-4-5-12-19-18(23)15-8-6-14(7-9-15)13-20-16(21)10-11-17(20)22/h10-11,14-15H,2-9,12-13H2,1H3,(H,19,23). The fourth-order valence-electron chi connectivity index (χ4n) is 3.38. The Hall–Kier alpha value is -1.65. The molecule has 23 heavy (non-hydrogen) atoms. The van der Waals surface area contributed by atoms with Gasteiger partial charge >= 0.3 is 0 Å². The van der Waals surface area contributed by atoms with E-state index in [1.54, 1.807) is 0 Å². The molecule has 1 aliphatic carbocycles. The monoisotopic (exact) mass is 320 g/mol. The highest BCUT2D eigenvalue weighted by Gasteiger charge is 2.30. The Morgan fingerprint density at radius 1 is 1.09 bits per heavy atom. The number of nitrogens with one attached hydrogen (secondary N) is 1. The van der Waals surface area contributed by atoms with Crippen molar-refractivity contribution in [2.24, 2.45) is 11.8 Å². The van der Waals surface area contributed by atoms with E-state index in [9.17, 15) is 14.4 Å². The highest BCUT2D eigenvalue weighted by molar-refractivity contribution is 6.12. The third-order valence-electron chi connectivity index (χ3n) is 4.89. The number of hydrogen-bond acceptors (Lipinski definition) is 3. The van der Waals surface area contributed by atoms with Crippen molar-refractivity contribution in [2.45, 2.75) is 58.3 Å². The zero-order chi connectivity index (χ0) is 16.7. The third-order valence-corrected chi connectivity index (χ3v) is 4.89. The zero-order valence-electron chi connectivity index (χ0n) is 14.1. The molecule has 0 bridgehead atoms. The first-order valence-electron chi connectivity index (χ1n) is 8.93. The van der Waals surface area contributed by atoms with Gasteiger partial charge in [0, 0.05) is 31.2 Å². The second-order valence-corrected chi connectivity index (χ2v) is 6.69. The van der Waals surface area contributed by atoms with Crippen LogP contribution in [-0.4, -0.2) is 35.7 Å². The summed E-state index contributed by atoms with van der Waals surface area (Å²) in [6, 6.07) is 0. The molecule has 1 aliphatic heterocycles. The number of nitrogens with zero attached hydrogens (tertiary/aromatic N) is 1. The molecule has 1 fully saturated rings. The van der Waals surface area contributed by atoms with Crippen LogP contribution in [0.4, 0.5) is 0 Å². The second kappa shape index (κ2) is 8.85. The van der Waals surface area contributed by atoms with E-state index >= 15 is 0 Å². The summed E-state index contributed by atoms with van der Waals surface area (Å²) in [6.07, 6.45) is 10.9. The average Bonchev–Trinajstić information content (AvgIpc) is 2.87. The van der Waals surface area contributed by atoms with Crippen molar-refractivity contribution in [2.75, 3.05) is 13.1 Å². The van der Waals surface area contributed by atoms with E-state index in [1.165, 1.54) is 36.3 Å². The van der Waals surface area contributed by atoms with Crippen LogP contribution in [0.2, 0.25) is 0 Å². The summed E-state index contributed by atoms with van der Waals surface area (Å²) in [5.41, 5.74) is 0. The van der Waals surface area contributed by atoms with Gasteiger partial charge in [-0.2, -0.15) is 0 Å². The van der Waals surface area contributed by atoms with Crippen molar-refractivity contribution in [1.29, 1.82) is 0 Å². The lowest BCUT2D eigenvalue weighted by molar-refractivity contribution is -0.138. The Morgan fingerprint density at radius 3 is 2.35 bits per heavy atom. The molecule has 1 N–H and O–H groups in total. The molecule has 1 saturated carbocycles. The van der Waals surface area contributed by atoms with Gasteiger partial charge in [0.05, 0.1) is 0 Å². The van der Waals surface area contributed by atoms with Gasteiger partial charge in [-0.3, -0.25) is 19.3 Å². The number of hydrogen-bond donors (Lipinski definition) is 1. The SMILES string of the molecule is CCCCCCNC(=O)C1CCC(CN2C(=O)C=CC2=O)CC1. The molecule has 3 amide bonds. The smallest absolute Gasteiger partial charge is 0.253 e. The lowest BCUT2D eigenvalue weighted by Crippen LogP contribution is -2.38. The number of rotatable bonds is 8. The van der Waals surface area contributed by atoms with Crippen molar-refractivity contribution in [3.05, 3.63) is 12.2 Å². The van der Waals surface area contributed by atoms with Crippen LogP contribution in [0, 0.1) is 11.8 Å². The zero-order valence-corrected chi connectivity index (χ0v) is 14.1. The molecule has 128 valence electrons. The van der Waals surface area contributed by atoms with Gasteiger partial charge in [-0.05, 0) is 38.0 Å². The summed E-state index contributed by atoms with van der Waals surface area (Å²) >= 11 is 0. The normalized spacial score (nSPS) is 24.3. The van der Waals surface area contributed by atoms with E-state index in [1.807, 2.05) is 0 Å². The maximum absolute atomic E-state index is 12.1. The van der Waals surface area contributed by atoms with E-state index in [2.05, 4.69) is 12.2 Å². The molecule has 0 aromatic rings. The number of carbonyl (C=O) groups excluding carboxylic acids is 3. The van der Waals surface area contributed by atoms with Gasteiger partial charge in [-0.25, -0.2) is 0 Å². The predicted octanol–water partition coefficient (Wildman–Crippen LogP) is 2.41. The summed E-state index contributed by atoms with van der Waals surface area (Å²) in [6.45, 7) is 3.45. The summed E-state index contributed by atoms with van der Waals surface area (Å²) in [5, 5.41) is 3.05. The average molecular weight is 320 g/mol. The molecule has 0 atom stereocenters. The van der Waals surface area contributed by atoms with Gasteiger partial charge in [-0.15, -0.1) is 0 Å². The van der Waals surface area contributed by atoms with Crippen molar-refractivity contribution in [1.82, 2.24) is 10.2 Å². The molecule has 0 saturated heterocycles. The van der Waals surface area contributed by atoms with Crippen LogP contribution in [-0.2, 0) is 14.4 Å². The van der Waals surface area contributed by atoms with Gasteiger partial charge < -0.3 is 5.32 Å². The van der Waals surface area contributed by atoms with Crippen molar-refractivity contribution in [3.8, 4) is 0 Å². The Balaban J connectivity index is 1.64. The Kier molecular flexibility index (Phi) is 6.81. The van der Waals surface area contributed by atoms with Gasteiger partial charge in [0.25, 0.3) is 11.8 Å². The van der Waals surface area contributed by atoms with E-state index in [0.29, 0.717) is 12.5 Å². The Labute approximate surface area is 138 Å². The first-order valence-corrected chi connectivity index (χ1v) is 8.93. The van der Waals surface area contributed by atoms with Gasteiger partial charge in [0.15, 0.2) is 0 Å². The first-order chi connectivity index (χ1) is 11.1. The third kappa shape index (κ3) is 5.19. The minimum Gasteiger partial charge on any atom is -0.356 e. The minimum absolute atomic E-state index is 0.0977. The first kappa shape index (κ1) is 17.7. The van der Waals surface area contributed by atoms with Crippen LogP contribution in [0.15, 0.2) is 12.2 Å². The fraction of sp³-hybridized carbons (Fsp3) is 0.722. The minimum atomic E-state index is -0.207. The van der Waals surface area contributed by atoms with Crippen LogP contribution in [0.5, 0.6) is 0 Å². The molecule has 5 heteroatoms. The maximum atomic E-state index is 12.1. The molecule has 0 radical (unpaired) electrons. The van der Waals surface area contributed by atoms with Crippen LogP contribution >= 0.6 is 0 Å². The molecule has 2 aliphatic rings. The van der Waals surface area contributed by atoms with Crippen LogP contribution in [0.3, 0.4) is 0 Å².